The zero-order valence-electron chi connectivity index (χ0n) is 17.0. The molecule has 2 aliphatic carbocycles. The molecule has 2 N–H and O–H groups in total. The summed E-state index contributed by atoms with van der Waals surface area (Å²) in [5, 5.41) is 13.2. The van der Waals surface area contributed by atoms with E-state index in [1.807, 2.05) is 32.1 Å². The van der Waals surface area contributed by atoms with Crippen LogP contribution in [0.3, 0.4) is 0 Å². The van der Waals surface area contributed by atoms with Crippen LogP contribution in [-0.4, -0.2) is 36.0 Å². The van der Waals surface area contributed by atoms with Crippen molar-refractivity contribution in [2.75, 3.05) is 6.61 Å². The molecule has 2 aromatic rings. The Kier molecular flexibility index (Phi) is 10.8. The fourth-order valence-electron chi connectivity index (χ4n) is 2.67. The van der Waals surface area contributed by atoms with Crippen molar-refractivity contribution in [1.29, 1.82) is 0 Å². The third-order valence-electron chi connectivity index (χ3n) is 4.22. The minimum atomic E-state index is -3.78. The summed E-state index contributed by atoms with van der Waals surface area (Å²) in [4.78, 5) is 11.7. The fraction of sp³-hybridized carbons (Fsp3) is 0.136. The second-order valence-corrected chi connectivity index (χ2v) is 8.13. The van der Waals surface area contributed by atoms with Crippen LogP contribution in [0.1, 0.15) is 12.1 Å². The van der Waals surface area contributed by atoms with Crippen LogP contribution in [0.25, 0.3) is 5.69 Å². The standard InChI is InChI=1S/C17H17N4O4S.C5H5.Fe/c18-26(23,24)16-9-3-8-15(11-16)21-12-14(19-20-21)7-4-10-25-17(22)13-5-1-2-6-13;1-2-4-5-3-1;/h1-3,5-6,8-9,11-12H,4,7,10H2,(H2,18,23,24);1-5H;/q;;+2. The minimum absolute atomic E-state index is 0. The number of ether oxygens (including phenoxy) is 1. The van der Waals surface area contributed by atoms with Gasteiger partial charge in [-0.3, -0.25) is 4.79 Å². The average molecular weight is 494 g/mol. The number of sulfonamides is 1. The zero-order chi connectivity index (χ0) is 22.1. The maximum atomic E-state index is 11.7. The fourth-order valence-corrected chi connectivity index (χ4v) is 3.23. The van der Waals surface area contributed by atoms with Gasteiger partial charge >= 0.3 is 23.0 Å². The monoisotopic (exact) mass is 494 g/mol. The van der Waals surface area contributed by atoms with Crippen LogP contribution >= 0.6 is 0 Å². The van der Waals surface area contributed by atoms with Crippen molar-refractivity contribution in [3.63, 3.8) is 0 Å². The molecule has 0 bridgehead atoms. The number of nitrogens with zero attached hydrogens (tertiary/aromatic N) is 3. The van der Waals surface area contributed by atoms with E-state index in [0.29, 0.717) is 30.1 Å². The van der Waals surface area contributed by atoms with Crippen LogP contribution in [0.15, 0.2) is 35.4 Å². The van der Waals surface area contributed by atoms with Crippen LogP contribution in [0.4, 0.5) is 0 Å². The van der Waals surface area contributed by atoms with Gasteiger partial charge in [0.05, 0.1) is 35.0 Å². The molecule has 32 heavy (non-hydrogen) atoms. The number of esters is 1. The largest absolute Gasteiger partial charge is 2.00 e. The molecule has 10 radical (unpaired) electrons. The van der Waals surface area contributed by atoms with Gasteiger partial charge in [-0.15, -0.1) is 5.10 Å². The Balaban J connectivity index is 0.000000534. The SMILES string of the molecule is NS(=O)(=O)c1cccc(-n2cc(CCCOC(=O)[C]3[CH][CH][CH][CH]3)nn2)c1.[CH]1[CH][CH][CH][CH]1.[Fe+2]. The molecule has 0 atom stereocenters. The van der Waals surface area contributed by atoms with Crippen LogP contribution in [0.2, 0.25) is 0 Å². The van der Waals surface area contributed by atoms with E-state index in [1.54, 1.807) is 44.0 Å². The second-order valence-electron chi connectivity index (χ2n) is 6.57. The summed E-state index contributed by atoms with van der Waals surface area (Å²) in [5.74, 6) is 0.184. The van der Waals surface area contributed by atoms with E-state index in [1.165, 1.54) is 16.8 Å². The van der Waals surface area contributed by atoms with Crippen LogP contribution in [0, 0.1) is 63.7 Å². The maximum absolute atomic E-state index is 11.7. The second kappa shape index (κ2) is 13.1. The molecule has 0 aliphatic heterocycles. The molecule has 0 amide bonds. The third kappa shape index (κ3) is 8.31. The molecule has 166 valence electrons. The Hall–Kier alpha value is -1.74. The molecule has 0 saturated heterocycles. The van der Waals surface area contributed by atoms with Crippen LogP contribution < -0.4 is 5.14 Å². The van der Waals surface area contributed by atoms with E-state index in [9.17, 15) is 13.2 Å². The predicted octanol–water partition coefficient (Wildman–Crippen LogP) is 1.81. The van der Waals surface area contributed by atoms with Gasteiger partial charge < -0.3 is 4.74 Å². The number of carbonyl (C=O) groups excluding carboxylic acids is 1. The molecule has 2 saturated carbocycles. The summed E-state index contributed by atoms with van der Waals surface area (Å²) in [6.45, 7) is 0.276. The Morgan fingerprint density at radius 3 is 2.31 bits per heavy atom. The number of hydrogen-bond donors (Lipinski definition) is 1. The van der Waals surface area contributed by atoms with Gasteiger partial charge in [-0.25, -0.2) is 18.2 Å². The molecule has 8 nitrogen and oxygen atoms in total. The van der Waals surface area contributed by atoms with Gasteiger partial charge in [0.15, 0.2) is 0 Å². The topological polar surface area (TPSA) is 117 Å². The van der Waals surface area contributed by atoms with Gasteiger partial charge in [-0.2, -0.15) is 0 Å². The van der Waals surface area contributed by atoms with E-state index in [2.05, 4.69) is 10.3 Å². The smallest absolute Gasteiger partial charge is 0.465 e. The Morgan fingerprint density at radius 1 is 1.03 bits per heavy atom. The molecular weight excluding hydrogens is 472 g/mol. The molecule has 4 rings (SSSR count). The first-order valence-electron chi connectivity index (χ1n) is 9.53. The Bertz CT molecular complexity index is 947. The number of hydrogen-bond acceptors (Lipinski definition) is 6. The number of nitrogens with two attached hydrogens (primary N) is 1. The number of carbonyl (C=O) groups is 1. The van der Waals surface area contributed by atoms with Crippen LogP contribution in [-0.2, 0) is 43.0 Å². The van der Waals surface area contributed by atoms with Crippen molar-refractivity contribution < 1.29 is 35.0 Å². The van der Waals surface area contributed by atoms with Crippen molar-refractivity contribution >= 4 is 16.0 Å². The first-order chi connectivity index (χ1) is 14.9. The summed E-state index contributed by atoms with van der Waals surface area (Å²) < 4.78 is 29.5. The van der Waals surface area contributed by atoms with E-state index in [4.69, 9.17) is 9.88 Å². The molecule has 10 heteroatoms. The van der Waals surface area contributed by atoms with Gasteiger partial charge in [0.25, 0.3) is 0 Å². The number of aryl methyl sites for hydroxylation is 1. The summed E-state index contributed by atoms with van der Waals surface area (Å²) in [7, 11) is -3.78. The van der Waals surface area contributed by atoms with E-state index < -0.39 is 10.0 Å². The average Bonchev–Trinajstić information content (AvgIpc) is 3.54. The van der Waals surface area contributed by atoms with Crippen LogP contribution in [0.5, 0.6) is 0 Å². The Labute approximate surface area is 200 Å². The third-order valence-corrected chi connectivity index (χ3v) is 5.13. The summed E-state index contributed by atoms with van der Waals surface area (Å²) in [6, 6.07) is 6.13. The molecule has 2 fully saturated rings. The number of rotatable bonds is 7. The molecule has 0 spiro atoms. The molecule has 1 heterocycles. The van der Waals surface area contributed by atoms with Crippen molar-refractivity contribution in [2.45, 2.75) is 17.7 Å². The first-order valence-corrected chi connectivity index (χ1v) is 11.1. The zero-order valence-corrected chi connectivity index (χ0v) is 18.9. The van der Waals surface area contributed by atoms with Gasteiger partial charge in [-0.1, -0.05) is 11.3 Å². The number of primary sulfonamides is 1. The summed E-state index contributed by atoms with van der Waals surface area (Å²) in [5.41, 5.74) is 1.24. The Morgan fingerprint density at radius 2 is 1.69 bits per heavy atom. The number of aromatic nitrogens is 3. The van der Waals surface area contributed by atoms with Crippen molar-refractivity contribution in [1.82, 2.24) is 15.0 Å². The van der Waals surface area contributed by atoms with E-state index in [-0.39, 0.29) is 34.5 Å². The van der Waals surface area contributed by atoms with Gasteiger partial charge in [-0.05, 0) is 88.8 Å². The van der Waals surface area contributed by atoms with Crippen molar-refractivity contribution in [3.05, 3.63) is 99.9 Å². The normalized spacial score (nSPS) is 16.2. The molecule has 0 unspecified atom stereocenters. The molecule has 2 aliphatic rings. The number of benzene rings is 1. The van der Waals surface area contributed by atoms with E-state index >= 15 is 0 Å². The summed E-state index contributed by atoms with van der Waals surface area (Å²) >= 11 is 0. The summed E-state index contributed by atoms with van der Waals surface area (Å²) in [6.07, 6.45) is 19.8. The predicted molar refractivity (Wildman–Crippen MR) is 114 cm³/mol. The van der Waals surface area contributed by atoms with Gasteiger partial charge in [0.2, 0.25) is 10.0 Å². The van der Waals surface area contributed by atoms with Gasteiger partial charge in [0, 0.05) is 0 Å². The maximum Gasteiger partial charge on any atom is 2.00 e. The molecule has 1 aromatic carbocycles. The van der Waals surface area contributed by atoms with E-state index in [0.717, 1.165) is 0 Å². The van der Waals surface area contributed by atoms with Gasteiger partial charge in [0.1, 0.15) is 0 Å². The molecular formula is C22H22FeN4O4S+2. The van der Waals surface area contributed by atoms with Crippen molar-refractivity contribution in [2.24, 2.45) is 5.14 Å². The quantitative estimate of drug-likeness (QED) is 0.357. The minimum Gasteiger partial charge on any atom is -0.465 e. The first kappa shape index (κ1) is 26.5. The van der Waals surface area contributed by atoms with Crippen molar-refractivity contribution in [3.8, 4) is 5.69 Å². The molecule has 1 aromatic heterocycles.